The molecule has 150 valence electrons. The molecule has 0 atom stereocenters. The first kappa shape index (κ1) is 20.4. The van der Waals surface area contributed by atoms with Crippen LogP contribution in [0.15, 0.2) is 71.6 Å². The molecule has 0 radical (unpaired) electrons. The normalized spacial score (nSPS) is 11.1. The first-order chi connectivity index (χ1) is 13.9. The third-order valence-electron chi connectivity index (χ3n) is 3.84. The van der Waals surface area contributed by atoms with Crippen molar-refractivity contribution in [1.82, 2.24) is 14.9 Å². The maximum absolute atomic E-state index is 12.3. The number of carbonyl (C=O) groups is 1. The molecule has 0 saturated heterocycles. The second-order valence-corrected chi connectivity index (χ2v) is 7.84. The minimum atomic E-state index is -3.68. The summed E-state index contributed by atoms with van der Waals surface area (Å²) in [6.07, 6.45) is 0. The highest BCUT2D eigenvalue weighted by Gasteiger charge is 2.13. The Morgan fingerprint density at radius 3 is 2.31 bits per heavy atom. The van der Waals surface area contributed by atoms with Gasteiger partial charge in [-0.3, -0.25) is 4.79 Å². The summed E-state index contributed by atoms with van der Waals surface area (Å²) in [5.41, 5.74) is 2.20. The Hall–Kier alpha value is -3.30. The van der Waals surface area contributed by atoms with Gasteiger partial charge in [0.05, 0.1) is 10.6 Å². The minimum Gasteiger partial charge on any atom is -0.475 e. The lowest BCUT2D eigenvalue weighted by molar-refractivity contribution is -0.114. The molecular formula is C20H20N4O4S. The molecule has 0 fully saturated rings. The van der Waals surface area contributed by atoms with E-state index < -0.39 is 10.0 Å². The number of benzene rings is 2. The first-order valence-corrected chi connectivity index (χ1v) is 10.3. The quantitative estimate of drug-likeness (QED) is 0.550. The molecule has 2 aromatic carbocycles. The lowest BCUT2D eigenvalue weighted by Gasteiger charge is -2.09. The van der Waals surface area contributed by atoms with Gasteiger partial charge in [0, 0.05) is 30.8 Å². The van der Waals surface area contributed by atoms with Crippen LogP contribution < -0.4 is 14.8 Å². The summed E-state index contributed by atoms with van der Waals surface area (Å²) in [6, 6.07) is 19.0. The Bertz CT molecular complexity index is 1050. The van der Waals surface area contributed by atoms with Crippen LogP contribution in [0.25, 0.3) is 11.3 Å². The van der Waals surface area contributed by atoms with Crippen molar-refractivity contribution in [1.29, 1.82) is 0 Å². The van der Waals surface area contributed by atoms with Crippen LogP contribution in [-0.4, -0.2) is 37.7 Å². The average molecular weight is 412 g/mol. The van der Waals surface area contributed by atoms with Gasteiger partial charge in [-0.2, -0.15) is 0 Å². The van der Waals surface area contributed by atoms with E-state index in [1.54, 1.807) is 12.1 Å². The monoisotopic (exact) mass is 412 g/mol. The molecule has 8 nitrogen and oxygen atoms in total. The van der Waals surface area contributed by atoms with Crippen molar-refractivity contribution in [2.24, 2.45) is 0 Å². The fraction of sp³-hybridized carbons (Fsp3) is 0.150. The van der Waals surface area contributed by atoms with Gasteiger partial charge in [-0.25, -0.2) is 13.1 Å². The van der Waals surface area contributed by atoms with Crippen LogP contribution in [0.2, 0.25) is 0 Å². The standard InChI is InChI=1S/C20H20N4O4S/c1-15(25)22-17-7-9-18(10-8-17)29(26,27)21-13-14-28-20-12-11-19(23-24-20)16-5-3-2-4-6-16/h2-12,21H,13-14H2,1H3,(H,22,25). The zero-order valence-corrected chi connectivity index (χ0v) is 16.5. The van der Waals surface area contributed by atoms with Crippen LogP contribution in [0, 0.1) is 0 Å². The number of anilines is 1. The number of amides is 1. The maximum Gasteiger partial charge on any atom is 0.240 e. The Kier molecular flexibility index (Phi) is 6.53. The number of aromatic nitrogens is 2. The smallest absolute Gasteiger partial charge is 0.240 e. The van der Waals surface area contributed by atoms with E-state index in [1.807, 2.05) is 30.3 Å². The molecule has 0 unspecified atom stereocenters. The molecule has 0 spiro atoms. The fourth-order valence-corrected chi connectivity index (χ4v) is 3.51. The molecule has 2 N–H and O–H groups in total. The Morgan fingerprint density at radius 1 is 0.966 bits per heavy atom. The average Bonchev–Trinajstić information content (AvgIpc) is 2.72. The van der Waals surface area contributed by atoms with Gasteiger partial charge < -0.3 is 10.1 Å². The molecule has 9 heteroatoms. The predicted octanol–water partition coefficient (Wildman–Crippen LogP) is 2.46. The summed E-state index contributed by atoms with van der Waals surface area (Å²) in [5, 5.41) is 10.7. The number of hydrogen-bond donors (Lipinski definition) is 2. The van der Waals surface area contributed by atoms with Crippen LogP contribution in [0.4, 0.5) is 5.69 Å². The largest absolute Gasteiger partial charge is 0.475 e. The van der Waals surface area contributed by atoms with Gasteiger partial charge in [-0.05, 0) is 30.3 Å². The van der Waals surface area contributed by atoms with Crippen molar-refractivity contribution in [3.8, 4) is 17.1 Å². The second-order valence-electron chi connectivity index (χ2n) is 6.07. The van der Waals surface area contributed by atoms with E-state index in [2.05, 4.69) is 20.2 Å². The SMILES string of the molecule is CC(=O)Nc1ccc(S(=O)(=O)NCCOc2ccc(-c3ccccc3)nn2)cc1. The molecule has 0 bridgehead atoms. The summed E-state index contributed by atoms with van der Waals surface area (Å²) in [4.78, 5) is 11.1. The second kappa shape index (κ2) is 9.26. The summed E-state index contributed by atoms with van der Waals surface area (Å²) in [6.45, 7) is 1.55. The fourth-order valence-electron chi connectivity index (χ4n) is 2.50. The van der Waals surface area contributed by atoms with E-state index in [-0.39, 0.29) is 24.0 Å². The topological polar surface area (TPSA) is 110 Å². The zero-order valence-electron chi connectivity index (χ0n) is 15.7. The highest BCUT2D eigenvalue weighted by molar-refractivity contribution is 7.89. The Morgan fingerprint density at radius 2 is 1.69 bits per heavy atom. The van der Waals surface area contributed by atoms with Crippen molar-refractivity contribution in [2.75, 3.05) is 18.5 Å². The number of carbonyl (C=O) groups excluding carboxylic acids is 1. The first-order valence-electron chi connectivity index (χ1n) is 8.83. The highest BCUT2D eigenvalue weighted by Crippen LogP contribution is 2.17. The van der Waals surface area contributed by atoms with Gasteiger partial charge in [0.2, 0.25) is 21.8 Å². The van der Waals surface area contributed by atoms with Crippen molar-refractivity contribution >= 4 is 21.6 Å². The van der Waals surface area contributed by atoms with Crippen LogP contribution in [0.1, 0.15) is 6.92 Å². The van der Waals surface area contributed by atoms with Crippen molar-refractivity contribution < 1.29 is 17.9 Å². The molecular weight excluding hydrogens is 392 g/mol. The van der Waals surface area contributed by atoms with Crippen LogP contribution >= 0.6 is 0 Å². The lowest BCUT2D eigenvalue weighted by Crippen LogP contribution is -2.28. The Labute approximate surface area is 169 Å². The van der Waals surface area contributed by atoms with E-state index in [9.17, 15) is 13.2 Å². The molecule has 0 saturated carbocycles. The van der Waals surface area contributed by atoms with E-state index in [0.717, 1.165) is 11.3 Å². The predicted molar refractivity (Wildman–Crippen MR) is 109 cm³/mol. The number of hydrogen-bond acceptors (Lipinski definition) is 6. The summed E-state index contributed by atoms with van der Waals surface area (Å²) < 4.78 is 32.5. The van der Waals surface area contributed by atoms with Crippen LogP contribution in [0.5, 0.6) is 5.88 Å². The van der Waals surface area contributed by atoms with Gasteiger partial charge in [-0.15, -0.1) is 10.2 Å². The van der Waals surface area contributed by atoms with Gasteiger partial charge in [-0.1, -0.05) is 30.3 Å². The third kappa shape index (κ3) is 5.84. The van der Waals surface area contributed by atoms with Gasteiger partial charge in [0.1, 0.15) is 6.61 Å². The van der Waals surface area contributed by atoms with E-state index in [1.165, 1.54) is 31.2 Å². The molecule has 3 rings (SSSR count). The third-order valence-corrected chi connectivity index (χ3v) is 5.32. The van der Waals surface area contributed by atoms with Crippen molar-refractivity contribution in [3.05, 3.63) is 66.7 Å². The molecule has 1 heterocycles. The van der Waals surface area contributed by atoms with E-state index in [4.69, 9.17) is 4.74 Å². The van der Waals surface area contributed by atoms with Crippen molar-refractivity contribution in [3.63, 3.8) is 0 Å². The lowest BCUT2D eigenvalue weighted by atomic mass is 10.1. The number of ether oxygens (including phenoxy) is 1. The highest BCUT2D eigenvalue weighted by atomic mass is 32.2. The van der Waals surface area contributed by atoms with Gasteiger partial charge in [0.25, 0.3) is 0 Å². The van der Waals surface area contributed by atoms with Crippen LogP contribution in [-0.2, 0) is 14.8 Å². The molecule has 0 aliphatic carbocycles. The minimum absolute atomic E-state index is 0.0674. The maximum atomic E-state index is 12.3. The number of nitrogens with one attached hydrogen (secondary N) is 2. The van der Waals surface area contributed by atoms with Gasteiger partial charge in [0.15, 0.2) is 0 Å². The molecule has 0 aliphatic heterocycles. The number of nitrogens with zero attached hydrogens (tertiary/aromatic N) is 2. The van der Waals surface area contributed by atoms with E-state index >= 15 is 0 Å². The Balaban J connectivity index is 1.50. The summed E-state index contributed by atoms with van der Waals surface area (Å²) in [7, 11) is -3.68. The van der Waals surface area contributed by atoms with Gasteiger partial charge >= 0.3 is 0 Å². The summed E-state index contributed by atoms with van der Waals surface area (Å²) >= 11 is 0. The number of rotatable bonds is 8. The molecule has 29 heavy (non-hydrogen) atoms. The van der Waals surface area contributed by atoms with E-state index in [0.29, 0.717) is 11.6 Å². The number of sulfonamides is 1. The zero-order chi connectivity index (χ0) is 20.7. The molecule has 1 amide bonds. The van der Waals surface area contributed by atoms with Crippen molar-refractivity contribution in [2.45, 2.75) is 11.8 Å². The molecule has 1 aromatic heterocycles. The summed E-state index contributed by atoms with van der Waals surface area (Å²) in [5.74, 6) is 0.0827. The molecule has 0 aliphatic rings. The molecule has 3 aromatic rings. The van der Waals surface area contributed by atoms with Crippen LogP contribution in [0.3, 0.4) is 0 Å².